The Hall–Kier alpha value is -2.62. The Balaban J connectivity index is 1.43. The minimum absolute atomic E-state index is 0.240. The highest BCUT2D eigenvalue weighted by Crippen LogP contribution is 2.37. The minimum Gasteiger partial charge on any atom is -0.369 e. The van der Waals surface area contributed by atoms with Gasteiger partial charge in [-0.05, 0) is 54.7 Å². The van der Waals surface area contributed by atoms with Crippen molar-refractivity contribution in [3.05, 3.63) is 60.2 Å². The lowest BCUT2D eigenvalue weighted by Gasteiger charge is -2.40. The van der Waals surface area contributed by atoms with Crippen molar-refractivity contribution in [2.45, 2.75) is 51.4 Å². The lowest BCUT2D eigenvalue weighted by atomic mass is 9.73. The number of hydrogen-bond acceptors (Lipinski definition) is 2. The number of rotatable bonds is 6. The molecule has 2 amide bonds. The fourth-order valence-electron chi connectivity index (χ4n) is 5.17. The standard InChI is InChI=1S/C26H32N2O2/c27-25(30)26(13-15-28(16-14-26)24(29)18-20-7-4-5-8-20)19-21-9-6-12-23(17-21)22-10-2-1-3-11-22/h1-3,6,9-12,17,20H,4-5,7-8,13-16,18-19H2,(H2,27,30). The van der Waals surface area contributed by atoms with Gasteiger partial charge in [-0.1, -0.05) is 67.4 Å². The van der Waals surface area contributed by atoms with Crippen LogP contribution in [0.4, 0.5) is 0 Å². The summed E-state index contributed by atoms with van der Waals surface area (Å²) < 4.78 is 0. The third kappa shape index (κ3) is 4.58. The van der Waals surface area contributed by atoms with Crippen molar-refractivity contribution in [3.63, 3.8) is 0 Å². The van der Waals surface area contributed by atoms with E-state index < -0.39 is 5.41 Å². The molecule has 0 atom stereocenters. The molecular weight excluding hydrogens is 372 g/mol. The highest BCUT2D eigenvalue weighted by molar-refractivity contribution is 5.82. The maximum Gasteiger partial charge on any atom is 0.224 e. The molecule has 0 radical (unpaired) electrons. The molecule has 2 fully saturated rings. The van der Waals surface area contributed by atoms with Gasteiger partial charge in [0.05, 0.1) is 5.41 Å². The molecule has 2 N–H and O–H groups in total. The van der Waals surface area contributed by atoms with Gasteiger partial charge in [0.15, 0.2) is 0 Å². The first kappa shape index (κ1) is 20.6. The highest BCUT2D eigenvalue weighted by Gasteiger charge is 2.41. The summed E-state index contributed by atoms with van der Waals surface area (Å²) in [5.41, 5.74) is 8.78. The van der Waals surface area contributed by atoms with Crippen LogP contribution in [0, 0.1) is 11.3 Å². The first-order valence-corrected chi connectivity index (χ1v) is 11.3. The van der Waals surface area contributed by atoms with Crippen LogP contribution in [0.2, 0.25) is 0 Å². The summed E-state index contributed by atoms with van der Waals surface area (Å²) in [7, 11) is 0. The van der Waals surface area contributed by atoms with Gasteiger partial charge in [0.2, 0.25) is 11.8 Å². The minimum atomic E-state index is -0.570. The molecule has 1 heterocycles. The quantitative estimate of drug-likeness (QED) is 0.766. The summed E-state index contributed by atoms with van der Waals surface area (Å²) in [6.45, 7) is 1.26. The van der Waals surface area contributed by atoms with Gasteiger partial charge in [-0.15, -0.1) is 0 Å². The zero-order valence-electron chi connectivity index (χ0n) is 17.7. The van der Waals surface area contributed by atoms with Crippen LogP contribution in [0.5, 0.6) is 0 Å². The van der Waals surface area contributed by atoms with E-state index in [1.165, 1.54) is 31.2 Å². The molecule has 30 heavy (non-hydrogen) atoms. The molecule has 1 aliphatic carbocycles. The van der Waals surface area contributed by atoms with E-state index in [9.17, 15) is 9.59 Å². The summed E-state index contributed by atoms with van der Waals surface area (Å²) in [5.74, 6) is 0.572. The third-order valence-electron chi connectivity index (χ3n) is 7.11. The Morgan fingerprint density at radius 1 is 0.933 bits per heavy atom. The van der Waals surface area contributed by atoms with Crippen LogP contribution in [-0.4, -0.2) is 29.8 Å². The Kier molecular flexibility index (Phi) is 6.21. The molecule has 2 aromatic carbocycles. The molecule has 1 aliphatic heterocycles. The number of carbonyl (C=O) groups is 2. The Morgan fingerprint density at radius 2 is 1.60 bits per heavy atom. The molecule has 0 aromatic heterocycles. The van der Waals surface area contributed by atoms with E-state index in [0.717, 1.165) is 11.1 Å². The number of likely N-dealkylation sites (tertiary alicyclic amines) is 1. The van der Waals surface area contributed by atoms with Gasteiger partial charge in [-0.3, -0.25) is 9.59 Å². The Bertz CT molecular complexity index is 879. The Morgan fingerprint density at radius 3 is 2.27 bits per heavy atom. The van der Waals surface area contributed by atoms with E-state index in [2.05, 4.69) is 30.3 Å². The van der Waals surface area contributed by atoms with Gasteiger partial charge in [-0.2, -0.15) is 0 Å². The molecule has 0 unspecified atom stereocenters. The summed E-state index contributed by atoms with van der Waals surface area (Å²) in [6, 6.07) is 18.7. The normalized spacial score (nSPS) is 19.0. The van der Waals surface area contributed by atoms with E-state index in [0.29, 0.717) is 44.7 Å². The molecule has 4 heteroatoms. The zero-order valence-corrected chi connectivity index (χ0v) is 17.7. The molecule has 1 saturated carbocycles. The molecule has 1 saturated heterocycles. The predicted octanol–water partition coefficient (Wildman–Crippen LogP) is 4.57. The fraction of sp³-hybridized carbons (Fsp3) is 0.462. The summed E-state index contributed by atoms with van der Waals surface area (Å²) >= 11 is 0. The smallest absolute Gasteiger partial charge is 0.224 e. The van der Waals surface area contributed by atoms with Crippen molar-refractivity contribution >= 4 is 11.8 Å². The Labute approximate surface area is 179 Å². The molecular formula is C26H32N2O2. The largest absolute Gasteiger partial charge is 0.369 e. The van der Waals surface area contributed by atoms with Crippen LogP contribution in [0.1, 0.15) is 50.5 Å². The van der Waals surface area contributed by atoms with E-state index in [-0.39, 0.29) is 11.8 Å². The van der Waals surface area contributed by atoms with Gasteiger partial charge < -0.3 is 10.6 Å². The van der Waals surface area contributed by atoms with Gasteiger partial charge in [0.25, 0.3) is 0 Å². The summed E-state index contributed by atoms with van der Waals surface area (Å²) in [4.78, 5) is 27.2. The first-order chi connectivity index (χ1) is 14.6. The number of carbonyl (C=O) groups excluding carboxylic acids is 2. The second-order valence-electron chi connectivity index (χ2n) is 9.12. The van der Waals surface area contributed by atoms with Gasteiger partial charge in [0, 0.05) is 19.5 Å². The van der Waals surface area contributed by atoms with Crippen LogP contribution >= 0.6 is 0 Å². The molecule has 4 nitrogen and oxygen atoms in total. The SMILES string of the molecule is NC(=O)C1(Cc2cccc(-c3ccccc3)c2)CCN(C(=O)CC2CCCC2)CC1. The lowest BCUT2D eigenvalue weighted by Crippen LogP contribution is -2.50. The van der Waals surface area contributed by atoms with Crippen molar-refractivity contribution < 1.29 is 9.59 Å². The maximum absolute atomic E-state index is 12.7. The molecule has 4 rings (SSSR count). The van der Waals surface area contributed by atoms with E-state index in [4.69, 9.17) is 5.73 Å². The van der Waals surface area contributed by atoms with Crippen molar-refractivity contribution in [1.82, 2.24) is 4.90 Å². The van der Waals surface area contributed by atoms with Crippen LogP contribution in [0.25, 0.3) is 11.1 Å². The van der Waals surface area contributed by atoms with Gasteiger partial charge >= 0.3 is 0 Å². The molecule has 2 aromatic rings. The molecule has 2 aliphatic rings. The first-order valence-electron chi connectivity index (χ1n) is 11.3. The second kappa shape index (κ2) is 9.03. The average Bonchev–Trinajstić information content (AvgIpc) is 3.28. The van der Waals surface area contributed by atoms with E-state index in [1.54, 1.807) is 0 Å². The number of primary amides is 1. The van der Waals surface area contributed by atoms with E-state index >= 15 is 0 Å². The van der Waals surface area contributed by atoms with Crippen LogP contribution in [0.3, 0.4) is 0 Å². The average molecular weight is 405 g/mol. The van der Waals surface area contributed by atoms with Crippen molar-refractivity contribution in [2.24, 2.45) is 17.1 Å². The van der Waals surface area contributed by atoms with Crippen molar-refractivity contribution in [2.75, 3.05) is 13.1 Å². The lowest BCUT2D eigenvalue weighted by molar-refractivity contribution is -0.139. The predicted molar refractivity (Wildman–Crippen MR) is 120 cm³/mol. The van der Waals surface area contributed by atoms with Crippen molar-refractivity contribution in [1.29, 1.82) is 0 Å². The van der Waals surface area contributed by atoms with Crippen molar-refractivity contribution in [3.8, 4) is 11.1 Å². The number of amides is 2. The van der Waals surface area contributed by atoms with Crippen LogP contribution < -0.4 is 5.73 Å². The topological polar surface area (TPSA) is 63.4 Å². The summed E-state index contributed by atoms with van der Waals surface area (Å²) in [5, 5.41) is 0. The highest BCUT2D eigenvalue weighted by atomic mass is 16.2. The van der Waals surface area contributed by atoms with Crippen LogP contribution in [0.15, 0.2) is 54.6 Å². The fourth-order valence-corrected chi connectivity index (χ4v) is 5.17. The molecule has 158 valence electrons. The number of nitrogens with two attached hydrogens (primary N) is 1. The molecule has 0 bridgehead atoms. The second-order valence-corrected chi connectivity index (χ2v) is 9.12. The number of hydrogen-bond donors (Lipinski definition) is 1. The summed E-state index contributed by atoms with van der Waals surface area (Å²) in [6.07, 6.45) is 7.47. The molecule has 0 spiro atoms. The van der Waals surface area contributed by atoms with Gasteiger partial charge in [0.1, 0.15) is 0 Å². The number of benzene rings is 2. The third-order valence-corrected chi connectivity index (χ3v) is 7.11. The maximum atomic E-state index is 12.7. The monoisotopic (exact) mass is 404 g/mol. The van der Waals surface area contributed by atoms with Crippen LogP contribution in [-0.2, 0) is 16.0 Å². The number of nitrogens with zero attached hydrogens (tertiary/aromatic N) is 1. The zero-order chi connectivity index (χ0) is 21.0. The van der Waals surface area contributed by atoms with E-state index in [1.807, 2.05) is 29.2 Å². The number of piperidine rings is 1. The van der Waals surface area contributed by atoms with Gasteiger partial charge in [-0.25, -0.2) is 0 Å².